The summed E-state index contributed by atoms with van der Waals surface area (Å²) in [6, 6.07) is 2.16. The lowest BCUT2D eigenvalue weighted by molar-refractivity contribution is 0.0391. The largest absolute Gasteiger partial charge is 0.314 e. The highest BCUT2D eigenvalue weighted by Crippen LogP contribution is 2.19. The summed E-state index contributed by atoms with van der Waals surface area (Å²) >= 11 is 0. The molecule has 0 bridgehead atoms. The minimum Gasteiger partial charge on any atom is -0.314 e. The molecular formula is C14H28N4. The van der Waals surface area contributed by atoms with Crippen LogP contribution < -0.4 is 5.73 Å². The number of piperazine rings is 1. The molecule has 1 unspecified atom stereocenters. The maximum atomic E-state index is 8.85. The predicted molar refractivity (Wildman–Crippen MR) is 75.2 cm³/mol. The fourth-order valence-corrected chi connectivity index (χ4v) is 2.42. The fraction of sp³-hybridized carbons (Fsp3) is 0.929. The number of nitriles is 1. The lowest BCUT2D eigenvalue weighted by Gasteiger charge is -2.45. The van der Waals surface area contributed by atoms with E-state index in [-0.39, 0.29) is 5.54 Å². The topological polar surface area (TPSA) is 56.3 Å². The number of nitrogens with zero attached hydrogens (tertiary/aromatic N) is 3. The molecule has 0 aliphatic carbocycles. The normalized spacial score (nSPS) is 24.4. The number of rotatable bonds is 5. The van der Waals surface area contributed by atoms with Gasteiger partial charge in [-0.05, 0) is 53.6 Å². The summed E-state index contributed by atoms with van der Waals surface area (Å²) in [7, 11) is 2.20. The van der Waals surface area contributed by atoms with Gasteiger partial charge in [-0.1, -0.05) is 0 Å². The Hall–Kier alpha value is -0.630. The zero-order chi connectivity index (χ0) is 13.8. The van der Waals surface area contributed by atoms with Gasteiger partial charge in [0.15, 0.2) is 0 Å². The van der Waals surface area contributed by atoms with Crippen LogP contribution in [0.5, 0.6) is 0 Å². The smallest absolute Gasteiger partial charge is 0.101 e. The van der Waals surface area contributed by atoms with Crippen molar-refractivity contribution in [3.63, 3.8) is 0 Å². The lowest BCUT2D eigenvalue weighted by Crippen LogP contribution is -2.57. The van der Waals surface area contributed by atoms with Gasteiger partial charge in [0.1, 0.15) is 5.54 Å². The predicted octanol–water partition coefficient (Wildman–Crippen LogP) is 1.42. The van der Waals surface area contributed by atoms with E-state index < -0.39 is 5.54 Å². The van der Waals surface area contributed by atoms with Crippen LogP contribution in [0.1, 0.15) is 40.0 Å². The fourth-order valence-electron chi connectivity index (χ4n) is 2.42. The van der Waals surface area contributed by atoms with Gasteiger partial charge in [0.2, 0.25) is 0 Å². The van der Waals surface area contributed by atoms with Gasteiger partial charge in [0.25, 0.3) is 0 Å². The molecular weight excluding hydrogens is 224 g/mol. The van der Waals surface area contributed by atoms with Crippen LogP contribution in [-0.4, -0.2) is 54.1 Å². The summed E-state index contributed by atoms with van der Waals surface area (Å²) in [5.41, 5.74) is 5.43. The summed E-state index contributed by atoms with van der Waals surface area (Å²) in [6.45, 7) is 10.9. The third kappa shape index (κ3) is 4.56. The van der Waals surface area contributed by atoms with Crippen LogP contribution in [0.3, 0.4) is 0 Å². The van der Waals surface area contributed by atoms with E-state index in [1.807, 2.05) is 6.92 Å². The van der Waals surface area contributed by atoms with Gasteiger partial charge < -0.3 is 10.6 Å². The van der Waals surface area contributed by atoms with Gasteiger partial charge in [0.05, 0.1) is 6.07 Å². The SMILES string of the molecule is CN1CCN(CCCCC(C)(N)C#N)CC1(C)C. The Morgan fingerprint density at radius 2 is 2.00 bits per heavy atom. The number of likely N-dealkylation sites (N-methyl/N-ethyl adjacent to an activating group) is 1. The maximum absolute atomic E-state index is 8.85. The number of nitrogens with two attached hydrogens (primary N) is 1. The molecule has 4 nitrogen and oxygen atoms in total. The van der Waals surface area contributed by atoms with E-state index in [1.165, 1.54) is 0 Å². The molecule has 1 fully saturated rings. The Balaban J connectivity index is 2.23. The minimum atomic E-state index is -0.651. The van der Waals surface area contributed by atoms with Crippen LogP contribution in [0, 0.1) is 11.3 Å². The molecule has 104 valence electrons. The number of unbranched alkanes of at least 4 members (excludes halogenated alkanes) is 1. The molecule has 4 heteroatoms. The molecule has 0 saturated carbocycles. The molecule has 1 saturated heterocycles. The quantitative estimate of drug-likeness (QED) is 0.752. The van der Waals surface area contributed by atoms with Gasteiger partial charge in [-0.2, -0.15) is 5.26 Å². The van der Waals surface area contributed by atoms with E-state index in [1.54, 1.807) is 0 Å². The highest BCUT2D eigenvalue weighted by Gasteiger charge is 2.30. The third-order valence-corrected chi connectivity index (χ3v) is 4.07. The van der Waals surface area contributed by atoms with Crippen molar-refractivity contribution in [2.45, 2.75) is 51.1 Å². The first-order chi connectivity index (χ1) is 8.27. The summed E-state index contributed by atoms with van der Waals surface area (Å²) in [6.07, 6.45) is 2.96. The van der Waals surface area contributed by atoms with Gasteiger partial charge >= 0.3 is 0 Å². The highest BCUT2D eigenvalue weighted by molar-refractivity contribution is 5.00. The second kappa shape index (κ2) is 6.01. The van der Waals surface area contributed by atoms with E-state index in [4.69, 9.17) is 11.0 Å². The van der Waals surface area contributed by atoms with Crippen molar-refractivity contribution in [3.05, 3.63) is 0 Å². The van der Waals surface area contributed by atoms with Crippen LogP contribution in [0.2, 0.25) is 0 Å². The first kappa shape index (κ1) is 15.4. The second-order valence-electron chi connectivity index (χ2n) is 6.50. The minimum absolute atomic E-state index is 0.271. The first-order valence-corrected chi connectivity index (χ1v) is 6.91. The molecule has 0 aromatic heterocycles. The maximum Gasteiger partial charge on any atom is 0.101 e. The van der Waals surface area contributed by atoms with Crippen molar-refractivity contribution in [2.75, 3.05) is 33.2 Å². The Kier molecular flexibility index (Phi) is 5.15. The zero-order valence-electron chi connectivity index (χ0n) is 12.4. The van der Waals surface area contributed by atoms with E-state index >= 15 is 0 Å². The van der Waals surface area contributed by atoms with Crippen molar-refractivity contribution in [1.29, 1.82) is 5.26 Å². The summed E-state index contributed by atoms with van der Waals surface area (Å²) in [4.78, 5) is 4.95. The molecule has 0 spiro atoms. The van der Waals surface area contributed by atoms with E-state index in [9.17, 15) is 0 Å². The molecule has 0 aromatic rings. The van der Waals surface area contributed by atoms with Crippen LogP contribution in [0.25, 0.3) is 0 Å². The van der Waals surface area contributed by atoms with Crippen molar-refractivity contribution < 1.29 is 0 Å². The van der Waals surface area contributed by atoms with Gasteiger partial charge in [-0.15, -0.1) is 0 Å². The Morgan fingerprint density at radius 1 is 1.33 bits per heavy atom. The average molecular weight is 252 g/mol. The summed E-state index contributed by atoms with van der Waals surface area (Å²) < 4.78 is 0. The van der Waals surface area contributed by atoms with E-state index in [0.717, 1.165) is 45.4 Å². The molecule has 0 amide bonds. The van der Waals surface area contributed by atoms with Crippen molar-refractivity contribution >= 4 is 0 Å². The number of hydrogen-bond acceptors (Lipinski definition) is 4. The molecule has 18 heavy (non-hydrogen) atoms. The third-order valence-electron chi connectivity index (χ3n) is 4.07. The van der Waals surface area contributed by atoms with Crippen LogP contribution in [0.4, 0.5) is 0 Å². The lowest BCUT2D eigenvalue weighted by atomic mass is 9.97. The number of hydrogen-bond donors (Lipinski definition) is 1. The summed E-state index contributed by atoms with van der Waals surface area (Å²) in [5.74, 6) is 0. The zero-order valence-corrected chi connectivity index (χ0v) is 12.4. The van der Waals surface area contributed by atoms with Crippen LogP contribution >= 0.6 is 0 Å². The first-order valence-electron chi connectivity index (χ1n) is 6.91. The Labute approximate surface area is 112 Å². The van der Waals surface area contributed by atoms with Crippen LogP contribution in [0.15, 0.2) is 0 Å². The molecule has 1 heterocycles. The molecule has 1 atom stereocenters. The Morgan fingerprint density at radius 3 is 2.56 bits per heavy atom. The van der Waals surface area contributed by atoms with Crippen LogP contribution in [-0.2, 0) is 0 Å². The van der Waals surface area contributed by atoms with Crippen molar-refractivity contribution in [2.24, 2.45) is 5.73 Å². The monoisotopic (exact) mass is 252 g/mol. The molecule has 1 aliphatic rings. The van der Waals surface area contributed by atoms with E-state index in [0.29, 0.717) is 0 Å². The Bertz CT molecular complexity index is 303. The van der Waals surface area contributed by atoms with Crippen molar-refractivity contribution in [3.8, 4) is 6.07 Å². The standard InChI is InChI=1S/C14H28N4/c1-13(2)12-18(10-9-17(13)4)8-6-5-7-14(3,16)11-15/h5-10,12,16H2,1-4H3. The second-order valence-corrected chi connectivity index (χ2v) is 6.50. The molecule has 0 radical (unpaired) electrons. The van der Waals surface area contributed by atoms with Crippen molar-refractivity contribution in [1.82, 2.24) is 9.80 Å². The van der Waals surface area contributed by atoms with Gasteiger partial charge in [0, 0.05) is 25.2 Å². The highest BCUT2D eigenvalue weighted by atomic mass is 15.3. The van der Waals surface area contributed by atoms with Gasteiger partial charge in [-0.25, -0.2) is 0 Å². The molecule has 1 aliphatic heterocycles. The molecule has 0 aromatic carbocycles. The molecule has 1 rings (SSSR count). The molecule has 2 N–H and O–H groups in total. The van der Waals surface area contributed by atoms with E-state index in [2.05, 4.69) is 36.8 Å². The average Bonchev–Trinajstić information content (AvgIpc) is 2.29. The van der Waals surface area contributed by atoms with Gasteiger partial charge in [-0.3, -0.25) is 4.90 Å². The summed E-state index contributed by atoms with van der Waals surface area (Å²) in [5, 5.41) is 8.85.